The maximum absolute atomic E-state index is 13.4. The Morgan fingerprint density at radius 3 is 2.69 bits per heavy atom. The van der Waals surface area contributed by atoms with Gasteiger partial charge in [0.1, 0.15) is 12.4 Å². The number of benzene rings is 1. The molecule has 29 heavy (non-hydrogen) atoms. The molecule has 1 aromatic heterocycles. The van der Waals surface area contributed by atoms with Gasteiger partial charge in [0, 0.05) is 32.4 Å². The number of hydrogen-bond donors (Lipinski definition) is 3. The average molecular weight is 414 g/mol. The number of amides is 2. The number of halogens is 3. The zero-order valence-electron chi connectivity index (χ0n) is 15.6. The molecule has 158 valence electrons. The number of para-hydroxylation sites is 2. The number of imidazole rings is 1. The first kappa shape index (κ1) is 20.8. The maximum Gasteiger partial charge on any atom is 0.424 e. The van der Waals surface area contributed by atoms with Gasteiger partial charge in [0.05, 0.1) is 6.54 Å². The molecule has 2 unspecified atom stereocenters. The van der Waals surface area contributed by atoms with Crippen molar-refractivity contribution in [1.29, 1.82) is 0 Å². The molecule has 1 aliphatic heterocycles. The van der Waals surface area contributed by atoms with Crippen molar-refractivity contribution in [3.63, 3.8) is 0 Å². The number of aliphatic hydroxyl groups is 1. The fourth-order valence-corrected chi connectivity index (χ4v) is 2.93. The Morgan fingerprint density at radius 1 is 1.31 bits per heavy atom. The number of nitrogens with zero attached hydrogens (tertiary/aromatic N) is 2. The number of hydrogen-bond acceptors (Lipinski definition) is 5. The Bertz CT molecular complexity index is 858. The second kappa shape index (κ2) is 8.19. The average Bonchev–Trinajstić information content (AvgIpc) is 3.11. The summed E-state index contributed by atoms with van der Waals surface area (Å²) >= 11 is 0. The molecule has 8 nitrogen and oxygen atoms in total. The van der Waals surface area contributed by atoms with Gasteiger partial charge in [0.15, 0.2) is 17.6 Å². The lowest BCUT2D eigenvalue weighted by Gasteiger charge is -2.30. The number of carbonyl (C=O) groups excluding carboxylic acids is 1. The fourth-order valence-electron chi connectivity index (χ4n) is 2.93. The number of aryl methyl sites for hydroxylation is 1. The smallest absolute Gasteiger partial charge is 0.424 e. The molecule has 0 radical (unpaired) electrons. The molecule has 1 aromatic carbocycles. The predicted molar refractivity (Wildman–Crippen MR) is 95.5 cm³/mol. The maximum atomic E-state index is 13.4. The van der Waals surface area contributed by atoms with E-state index in [-0.39, 0.29) is 13.2 Å². The van der Waals surface area contributed by atoms with Crippen molar-refractivity contribution >= 4 is 6.03 Å². The molecule has 2 heterocycles. The number of nitrogens with one attached hydrogen (secondary N) is 2. The van der Waals surface area contributed by atoms with Crippen LogP contribution in [0.25, 0.3) is 0 Å². The summed E-state index contributed by atoms with van der Waals surface area (Å²) in [6.07, 6.45) is -3.71. The Kier molecular flexibility index (Phi) is 5.87. The molecule has 3 rings (SSSR count). The highest BCUT2D eigenvalue weighted by molar-refractivity contribution is 5.73. The van der Waals surface area contributed by atoms with Crippen LogP contribution in [-0.4, -0.2) is 52.7 Å². The summed E-state index contributed by atoms with van der Waals surface area (Å²) in [7, 11) is 1.35. The Morgan fingerprint density at radius 2 is 2.03 bits per heavy atom. The Labute approximate surface area is 164 Å². The molecule has 11 heteroatoms. The molecule has 0 bridgehead atoms. The molecule has 0 saturated heterocycles. The van der Waals surface area contributed by atoms with E-state index in [9.17, 15) is 23.1 Å². The minimum atomic E-state index is -4.95. The minimum Gasteiger partial charge on any atom is -0.486 e. The third-order valence-electron chi connectivity index (χ3n) is 4.49. The summed E-state index contributed by atoms with van der Waals surface area (Å²) < 4.78 is 52.6. The highest BCUT2D eigenvalue weighted by Gasteiger charge is 2.57. The predicted octanol–water partition coefficient (Wildman–Crippen LogP) is 1.70. The third kappa shape index (κ3) is 4.56. The van der Waals surface area contributed by atoms with Gasteiger partial charge in [0.2, 0.25) is 5.60 Å². The molecule has 3 N–H and O–H groups in total. The summed E-state index contributed by atoms with van der Waals surface area (Å²) in [6.45, 7) is -0.0904. The van der Waals surface area contributed by atoms with E-state index in [0.717, 1.165) is 10.8 Å². The minimum absolute atomic E-state index is 0.100. The normalized spacial score (nSPS) is 18.0. The van der Waals surface area contributed by atoms with Crippen LogP contribution in [0.3, 0.4) is 0 Å². The van der Waals surface area contributed by atoms with Gasteiger partial charge in [-0.3, -0.25) is 0 Å². The van der Waals surface area contributed by atoms with E-state index in [0.29, 0.717) is 11.5 Å². The first-order valence-corrected chi connectivity index (χ1v) is 8.88. The number of urea groups is 1. The quantitative estimate of drug-likeness (QED) is 0.669. The van der Waals surface area contributed by atoms with Crippen LogP contribution >= 0.6 is 0 Å². The number of rotatable bonds is 6. The summed E-state index contributed by atoms with van der Waals surface area (Å²) in [4.78, 5) is 15.5. The lowest BCUT2D eigenvalue weighted by Crippen LogP contribution is -2.48. The van der Waals surface area contributed by atoms with E-state index in [1.165, 1.54) is 13.2 Å². The van der Waals surface area contributed by atoms with Gasteiger partial charge >= 0.3 is 12.2 Å². The Balaban J connectivity index is 1.48. The van der Waals surface area contributed by atoms with E-state index < -0.39 is 42.7 Å². The van der Waals surface area contributed by atoms with E-state index in [2.05, 4.69) is 15.6 Å². The molecular weight excluding hydrogens is 393 g/mol. The molecule has 2 aromatic rings. The molecule has 2 amide bonds. The van der Waals surface area contributed by atoms with Crippen molar-refractivity contribution in [2.45, 2.75) is 24.3 Å². The molecule has 0 fully saturated rings. The SMILES string of the molecule is Cn1ccnc1C(O)(CCNC(=O)NCC1COc2ccccc2O1)C(F)(F)F. The monoisotopic (exact) mass is 414 g/mol. The van der Waals surface area contributed by atoms with Crippen molar-refractivity contribution in [2.75, 3.05) is 19.7 Å². The van der Waals surface area contributed by atoms with Gasteiger partial charge in [-0.1, -0.05) is 12.1 Å². The first-order chi connectivity index (χ1) is 13.7. The van der Waals surface area contributed by atoms with Gasteiger partial charge in [-0.15, -0.1) is 0 Å². The van der Waals surface area contributed by atoms with Crippen LogP contribution in [0.15, 0.2) is 36.7 Å². The summed E-state index contributed by atoms with van der Waals surface area (Å²) in [5, 5.41) is 15.0. The van der Waals surface area contributed by atoms with E-state index >= 15 is 0 Å². The van der Waals surface area contributed by atoms with Gasteiger partial charge in [0.25, 0.3) is 0 Å². The van der Waals surface area contributed by atoms with Gasteiger partial charge in [-0.05, 0) is 12.1 Å². The third-order valence-corrected chi connectivity index (χ3v) is 4.49. The largest absolute Gasteiger partial charge is 0.486 e. The van der Waals surface area contributed by atoms with Crippen molar-refractivity contribution < 1.29 is 32.5 Å². The van der Waals surface area contributed by atoms with Crippen LogP contribution in [-0.2, 0) is 12.6 Å². The summed E-state index contributed by atoms with van der Waals surface area (Å²) in [5.74, 6) is 0.615. The lowest BCUT2D eigenvalue weighted by atomic mass is 9.97. The molecular formula is C18H21F3N4O4. The zero-order chi connectivity index (χ0) is 21.1. The fraction of sp³-hybridized carbons (Fsp3) is 0.444. The highest BCUT2D eigenvalue weighted by atomic mass is 19.4. The number of aromatic nitrogens is 2. The zero-order valence-corrected chi connectivity index (χ0v) is 15.6. The van der Waals surface area contributed by atoms with Gasteiger partial charge < -0.3 is 29.8 Å². The van der Waals surface area contributed by atoms with E-state index in [1.807, 2.05) is 0 Å². The van der Waals surface area contributed by atoms with Crippen LogP contribution in [0.5, 0.6) is 11.5 Å². The summed E-state index contributed by atoms with van der Waals surface area (Å²) in [5.41, 5.74) is -3.18. The highest BCUT2D eigenvalue weighted by Crippen LogP contribution is 2.40. The van der Waals surface area contributed by atoms with Crippen LogP contribution in [0.2, 0.25) is 0 Å². The Hall–Kier alpha value is -2.95. The summed E-state index contributed by atoms with van der Waals surface area (Å²) in [6, 6.07) is 6.40. The van der Waals surface area contributed by atoms with E-state index in [4.69, 9.17) is 9.47 Å². The van der Waals surface area contributed by atoms with Crippen LogP contribution in [0.1, 0.15) is 12.2 Å². The van der Waals surface area contributed by atoms with Crippen molar-refractivity contribution in [1.82, 2.24) is 20.2 Å². The van der Waals surface area contributed by atoms with E-state index in [1.54, 1.807) is 24.3 Å². The molecule has 0 aliphatic carbocycles. The molecule has 2 atom stereocenters. The van der Waals surface area contributed by atoms with Crippen LogP contribution in [0.4, 0.5) is 18.0 Å². The second-order valence-corrected chi connectivity index (χ2v) is 6.60. The van der Waals surface area contributed by atoms with Gasteiger partial charge in [-0.2, -0.15) is 13.2 Å². The topological polar surface area (TPSA) is 97.6 Å². The molecule has 1 aliphatic rings. The lowest BCUT2D eigenvalue weighted by molar-refractivity contribution is -0.272. The number of alkyl halides is 3. The molecule has 0 spiro atoms. The van der Waals surface area contributed by atoms with Crippen LogP contribution < -0.4 is 20.1 Å². The van der Waals surface area contributed by atoms with Crippen molar-refractivity contribution in [3.05, 3.63) is 42.5 Å². The molecule has 0 saturated carbocycles. The van der Waals surface area contributed by atoms with Crippen molar-refractivity contribution in [3.8, 4) is 11.5 Å². The standard InChI is InChI=1S/C18H21F3N4O4/c1-25-9-8-22-15(25)17(27,18(19,20)21)6-7-23-16(26)24-10-12-11-28-13-4-2-3-5-14(13)29-12/h2-5,8-9,12,27H,6-7,10-11H2,1H3,(H2,23,24,26). The first-order valence-electron chi connectivity index (χ1n) is 8.88. The van der Waals surface area contributed by atoms with Gasteiger partial charge in [-0.25, -0.2) is 9.78 Å². The number of carbonyl (C=O) groups is 1. The van der Waals surface area contributed by atoms with Crippen molar-refractivity contribution in [2.24, 2.45) is 7.05 Å². The second-order valence-electron chi connectivity index (χ2n) is 6.60. The number of ether oxygens (including phenoxy) is 2. The number of fused-ring (bicyclic) bond motifs is 1. The van der Waals surface area contributed by atoms with Crippen LogP contribution in [0, 0.1) is 0 Å².